The van der Waals surface area contributed by atoms with Gasteiger partial charge in [0.15, 0.2) is 0 Å². The Kier molecular flexibility index (Phi) is 70.4. The van der Waals surface area contributed by atoms with Crippen molar-refractivity contribution in [3.63, 3.8) is 0 Å². The highest BCUT2D eigenvalue weighted by molar-refractivity contribution is 5.76. The summed E-state index contributed by atoms with van der Waals surface area (Å²) in [4.78, 5) is 24.7. The molecule has 0 saturated carbocycles. The second-order valence-corrected chi connectivity index (χ2v) is 26.0. The van der Waals surface area contributed by atoms with E-state index in [0.717, 1.165) is 38.5 Å². The molecule has 0 aromatic heterocycles. The van der Waals surface area contributed by atoms with Gasteiger partial charge in [-0.1, -0.05) is 378 Å². The zero-order valence-electron chi connectivity index (χ0n) is 55.8. The molecule has 2 atom stereocenters. The van der Waals surface area contributed by atoms with Gasteiger partial charge in [0.1, 0.15) is 0 Å². The standard InChI is InChI=1S/C76H147NO5/c1-3-5-7-9-11-13-15-17-19-21-23-29-33-36-40-44-48-52-56-60-64-68-74(79)73(72-78)77-75(80)69-65-61-57-53-49-45-41-37-34-30-27-25-24-26-28-31-35-39-43-47-51-55-59-63-67-71-82-76(81)70-66-62-58-54-50-46-42-38-32-22-20-18-16-14-12-10-8-6-4-2/h25,27,64,68,73-74,78-79H,3-24,26,28-63,65-67,69-72H2,1-2H3,(H,77,80)/b27-25-,68-64+. The van der Waals surface area contributed by atoms with E-state index in [-0.39, 0.29) is 18.5 Å². The topological polar surface area (TPSA) is 95.9 Å². The molecule has 0 heterocycles. The van der Waals surface area contributed by atoms with E-state index in [0.29, 0.717) is 19.4 Å². The van der Waals surface area contributed by atoms with E-state index in [2.05, 4.69) is 31.3 Å². The van der Waals surface area contributed by atoms with Crippen LogP contribution in [0.1, 0.15) is 425 Å². The van der Waals surface area contributed by atoms with Gasteiger partial charge in [-0.2, -0.15) is 0 Å². The van der Waals surface area contributed by atoms with Crippen LogP contribution in [0.25, 0.3) is 0 Å². The lowest BCUT2D eigenvalue weighted by atomic mass is 10.0. The van der Waals surface area contributed by atoms with Crippen LogP contribution in [0.2, 0.25) is 0 Å². The third kappa shape index (κ3) is 67.5. The molecule has 0 radical (unpaired) electrons. The molecule has 0 aliphatic heterocycles. The number of allylic oxidation sites excluding steroid dienone is 3. The minimum Gasteiger partial charge on any atom is -0.466 e. The highest BCUT2D eigenvalue weighted by Gasteiger charge is 2.18. The van der Waals surface area contributed by atoms with Crippen LogP contribution in [0.15, 0.2) is 24.3 Å². The maximum Gasteiger partial charge on any atom is 0.305 e. The van der Waals surface area contributed by atoms with Crippen molar-refractivity contribution >= 4 is 11.9 Å². The number of hydrogen-bond donors (Lipinski definition) is 3. The molecule has 0 aromatic carbocycles. The summed E-state index contributed by atoms with van der Waals surface area (Å²) < 4.78 is 5.51. The second kappa shape index (κ2) is 71.8. The Morgan fingerprint density at radius 3 is 0.866 bits per heavy atom. The lowest BCUT2D eigenvalue weighted by Gasteiger charge is -2.20. The molecule has 6 nitrogen and oxygen atoms in total. The number of aliphatic hydroxyl groups is 2. The summed E-state index contributed by atoms with van der Waals surface area (Å²) in [5.74, 6) is -0.0478. The Morgan fingerprint density at radius 1 is 0.329 bits per heavy atom. The van der Waals surface area contributed by atoms with Crippen LogP contribution in [0.5, 0.6) is 0 Å². The average Bonchev–Trinajstić information content (AvgIpc) is 3.48. The van der Waals surface area contributed by atoms with Gasteiger partial charge in [-0.25, -0.2) is 0 Å². The Hall–Kier alpha value is -1.66. The molecule has 2 unspecified atom stereocenters. The number of amides is 1. The summed E-state index contributed by atoms with van der Waals surface area (Å²) in [6, 6.07) is -0.631. The van der Waals surface area contributed by atoms with Gasteiger partial charge in [0.2, 0.25) is 5.91 Å². The van der Waals surface area contributed by atoms with E-state index in [9.17, 15) is 19.8 Å². The molecule has 82 heavy (non-hydrogen) atoms. The van der Waals surface area contributed by atoms with Crippen molar-refractivity contribution in [2.24, 2.45) is 0 Å². The smallest absolute Gasteiger partial charge is 0.305 e. The number of esters is 1. The molecule has 6 heteroatoms. The van der Waals surface area contributed by atoms with E-state index < -0.39 is 12.1 Å². The van der Waals surface area contributed by atoms with Crippen molar-refractivity contribution < 1.29 is 24.5 Å². The SMILES string of the molecule is CCCCCCCCCCCCCCCCCCCCC/C=C/C(O)C(CO)NC(=O)CCCCCCCCCCC/C=C\CCCCCCCCCCCCCCOC(=O)CCCCCCCCCCCCCCCCCCCCC. The first-order chi connectivity index (χ1) is 40.5. The van der Waals surface area contributed by atoms with Gasteiger partial charge in [-0.05, 0) is 57.8 Å². The van der Waals surface area contributed by atoms with E-state index >= 15 is 0 Å². The lowest BCUT2D eigenvalue weighted by molar-refractivity contribution is -0.143. The molecular weight excluding hydrogens is 1010 g/mol. The highest BCUT2D eigenvalue weighted by Crippen LogP contribution is 2.19. The number of rotatable bonds is 71. The summed E-state index contributed by atoms with van der Waals surface area (Å²) >= 11 is 0. The molecule has 1 amide bonds. The molecule has 0 aromatic rings. The molecule has 0 fully saturated rings. The lowest BCUT2D eigenvalue weighted by Crippen LogP contribution is -2.45. The predicted octanol–water partition coefficient (Wildman–Crippen LogP) is 24.5. The molecule has 0 rings (SSSR count). The fourth-order valence-electron chi connectivity index (χ4n) is 12.0. The van der Waals surface area contributed by atoms with Gasteiger partial charge < -0.3 is 20.3 Å². The second-order valence-electron chi connectivity index (χ2n) is 26.0. The highest BCUT2D eigenvalue weighted by atomic mass is 16.5. The predicted molar refractivity (Wildman–Crippen MR) is 361 cm³/mol. The molecule has 3 N–H and O–H groups in total. The number of aliphatic hydroxyl groups excluding tert-OH is 2. The van der Waals surface area contributed by atoms with E-state index in [1.54, 1.807) is 6.08 Å². The minimum absolute atomic E-state index is 0.0188. The molecule has 486 valence electrons. The van der Waals surface area contributed by atoms with Crippen molar-refractivity contribution in [2.75, 3.05) is 13.2 Å². The van der Waals surface area contributed by atoms with Gasteiger partial charge in [0.25, 0.3) is 0 Å². The fraction of sp³-hybridized carbons (Fsp3) is 0.921. The fourth-order valence-corrected chi connectivity index (χ4v) is 12.0. The first kappa shape index (κ1) is 80.3. The van der Waals surface area contributed by atoms with Gasteiger partial charge in [-0.3, -0.25) is 9.59 Å². The molecule has 0 aliphatic carbocycles. The van der Waals surface area contributed by atoms with Gasteiger partial charge in [-0.15, -0.1) is 0 Å². The Labute approximate surface area is 513 Å². The van der Waals surface area contributed by atoms with E-state index in [1.165, 1.54) is 360 Å². The summed E-state index contributed by atoms with van der Waals surface area (Å²) in [6.45, 7) is 4.95. The third-order valence-corrected chi connectivity index (χ3v) is 17.7. The van der Waals surface area contributed by atoms with Crippen LogP contribution in [-0.2, 0) is 14.3 Å². The van der Waals surface area contributed by atoms with Crippen LogP contribution >= 0.6 is 0 Å². The quantitative estimate of drug-likeness (QED) is 0.0320. The molecule has 0 bridgehead atoms. The molecular formula is C76H147NO5. The van der Waals surface area contributed by atoms with Crippen LogP contribution < -0.4 is 5.32 Å². The maximum absolute atomic E-state index is 12.5. The van der Waals surface area contributed by atoms with Crippen LogP contribution in [0.4, 0.5) is 0 Å². The Morgan fingerprint density at radius 2 is 0.573 bits per heavy atom. The normalized spacial score (nSPS) is 12.6. The number of unbranched alkanes of at least 4 members (excludes halogenated alkanes) is 58. The number of nitrogens with one attached hydrogen (secondary N) is 1. The van der Waals surface area contributed by atoms with Gasteiger partial charge >= 0.3 is 5.97 Å². The number of carbonyl (C=O) groups excluding carboxylic acids is 2. The molecule has 0 spiro atoms. The number of carbonyl (C=O) groups is 2. The monoisotopic (exact) mass is 1150 g/mol. The zero-order valence-corrected chi connectivity index (χ0v) is 55.8. The van der Waals surface area contributed by atoms with Gasteiger partial charge in [0.05, 0.1) is 25.4 Å². The number of hydrogen-bond acceptors (Lipinski definition) is 5. The van der Waals surface area contributed by atoms with Crippen LogP contribution in [0.3, 0.4) is 0 Å². The van der Waals surface area contributed by atoms with Gasteiger partial charge in [0, 0.05) is 12.8 Å². The van der Waals surface area contributed by atoms with E-state index in [1.807, 2.05) is 6.08 Å². The average molecular weight is 1160 g/mol. The van der Waals surface area contributed by atoms with E-state index in [4.69, 9.17) is 4.74 Å². The zero-order chi connectivity index (χ0) is 59.2. The summed E-state index contributed by atoms with van der Waals surface area (Å²) in [7, 11) is 0. The largest absolute Gasteiger partial charge is 0.466 e. The Balaban J connectivity index is 3.40. The summed E-state index contributed by atoms with van der Waals surface area (Å²) in [5, 5.41) is 23.3. The first-order valence-corrected chi connectivity index (χ1v) is 37.6. The number of ether oxygens (including phenoxy) is 1. The third-order valence-electron chi connectivity index (χ3n) is 17.7. The van der Waals surface area contributed by atoms with Crippen LogP contribution in [-0.4, -0.2) is 47.4 Å². The van der Waals surface area contributed by atoms with Crippen molar-refractivity contribution in [3.05, 3.63) is 24.3 Å². The summed E-state index contributed by atoms with van der Waals surface area (Å²) in [5.41, 5.74) is 0. The minimum atomic E-state index is -0.847. The van der Waals surface area contributed by atoms with Crippen molar-refractivity contribution in [1.29, 1.82) is 0 Å². The van der Waals surface area contributed by atoms with Crippen molar-refractivity contribution in [3.8, 4) is 0 Å². The van der Waals surface area contributed by atoms with Crippen molar-refractivity contribution in [1.82, 2.24) is 5.32 Å². The maximum atomic E-state index is 12.5. The molecule has 0 saturated heterocycles. The Bertz CT molecular complexity index is 1280. The molecule has 0 aliphatic rings. The first-order valence-electron chi connectivity index (χ1n) is 37.6. The van der Waals surface area contributed by atoms with Crippen LogP contribution in [0, 0.1) is 0 Å². The summed E-state index contributed by atoms with van der Waals surface area (Å²) in [6.07, 6.45) is 91.3. The van der Waals surface area contributed by atoms with Crippen molar-refractivity contribution in [2.45, 2.75) is 437 Å².